The van der Waals surface area contributed by atoms with E-state index >= 15 is 0 Å². The Hall–Kier alpha value is -0.480. The highest BCUT2D eigenvalue weighted by Gasteiger charge is 2.16. The van der Waals surface area contributed by atoms with E-state index in [0.29, 0.717) is 0 Å². The normalized spacial score (nSPS) is 21.2. The van der Waals surface area contributed by atoms with Crippen molar-refractivity contribution in [2.24, 2.45) is 0 Å². The van der Waals surface area contributed by atoms with Crippen molar-refractivity contribution in [1.29, 1.82) is 0 Å². The predicted octanol–water partition coefficient (Wildman–Crippen LogP) is 0.944. The first kappa shape index (κ1) is 6.64. The monoisotopic (exact) mass is 123 g/mol. The number of nitrogens with zero attached hydrogens (tertiary/aromatic N) is 1. The van der Waals surface area contributed by atoms with Crippen molar-refractivity contribution >= 4 is 0 Å². The third-order valence-electron chi connectivity index (χ3n) is 1.76. The molecule has 9 heavy (non-hydrogen) atoms. The van der Waals surface area contributed by atoms with Gasteiger partial charge in [-0.15, -0.1) is 6.42 Å². The molecule has 1 saturated heterocycles. The lowest BCUT2D eigenvalue weighted by Crippen LogP contribution is -2.35. The van der Waals surface area contributed by atoms with Gasteiger partial charge in [0.2, 0.25) is 0 Å². The van der Waals surface area contributed by atoms with Crippen LogP contribution in [0.4, 0.5) is 0 Å². The highest BCUT2D eigenvalue weighted by atomic mass is 15.1. The zero-order chi connectivity index (χ0) is 6.53. The molecule has 1 nitrogen and oxygen atoms in total. The molecule has 0 saturated carbocycles. The fraction of sp³-hybridized carbons (Fsp3) is 0.750. The molecule has 1 aliphatic heterocycles. The minimum absolute atomic E-state index is 0.847. The molecule has 0 N–H and O–H groups in total. The Morgan fingerprint density at radius 2 is 1.89 bits per heavy atom. The molecule has 0 unspecified atom stereocenters. The number of rotatable bonds is 1. The van der Waals surface area contributed by atoms with E-state index < -0.39 is 0 Å². The summed E-state index contributed by atoms with van der Waals surface area (Å²) in [5.41, 5.74) is 0. The molecule has 0 bridgehead atoms. The molecule has 0 aliphatic carbocycles. The van der Waals surface area contributed by atoms with Gasteiger partial charge in [0.05, 0.1) is 0 Å². The molecule has 0 aromatic carbocycles. The standard InChI is InChI=1S/C8H13N/c1-2-6-9-7-4-3-5-8-9/h1H,3-8H2/q+1. The Kier molecular flexibility index (Phi) is 2.60. The zero-order valence-electron chi connectivity index (χ0n) is 5.77. The van der Waals surface area contributed by atoms with Gasteiger partial charge in [0.15, 0.2) is 6.54 Å². The van der Waals surface area contributed by atoms with Crippen LogP contribution in [0.25, 0.3) is 0 Å². The number of likely N-dealkylation sites (tertiary alicyclic amines) is 1. The Labute approximate surface area is 57.0 Å². The highest BCUT2D eigenvalue weighted by molar-refractivity contribution is 4.91. The summed E-state index contributed by atoms with van der Waals surface area (Å²) >= 11 is 0. The first-order chi connectivity index (χ1) is 4.43. The van der Waals surface area contributed by atoms with Crippen LogP contribution in [0.5, 0.6) is 0 Å². The van der Waals surface area contributed by atoms with Gasteiger partial charge in [-0.05, 0) is 12.3 Å². The summed E-state index contributed by atoms with van der Waals surface area (Å²) in [6.07, 6.45) is 9.23. The lowest BCUT2D eigenvalue weighted by Gasteiger charge is -2.13. The smallest absolute Gasteiger partial charge is 0.159 e. The van der Waals surface area contributed by atoms with Gasteiger partial charge < -0.3 is 0 Å². The number of piperidine rings is 1. The molecule has 1 fully saturated rings. The van der Waals surface area contributed by atoms with E-state index in [4.69, 9.17) is 6.42 Å². The number of hydrogen-bond acceptors (Lipinski definition) is 1. The van der Waals surface area contributed by atoms with E-state index in [1.807, 2.05) is 0 Å². The topological polar surface area (TPSA) is 5.90 Å². The van der Waals surface area contributed by atoms with E-state index in [2.05, 4.69) is 10.8 Å². The largest absolute Gasteiger partial charge is 0.183 e. The van der Waals surface area contributed by atoms with Crippen molar-refractivity contribution in [3.8, 4) is 12.3 Å². The van der Waals surface area contributed by atoms with Crippen LogP contribution >= 0.6 is 0 Å². The van der Waals surface area contributed by atoms with Gasteiger partial charge in [-0.25, -0.2) is 0 Å². The third-order valence-corrected chi connectivity index (χ3v) is 1.76. The quantitative estimate of drug-likeness (QED) is 0.361. The summed E-state index contributed by atoms with van der Waals surface area (Å²) in [7, 11) is 0. The maximum Gasteiger partial charge on any atom is 0.183 e. The van der Waals surface area contributed by atoms with E-state index in [0.717, 1.165) is 6.54 Å². The number of hydrogen-bond donors (Lipinski definition) is 0. The van der Waals surface area contributed by atoms with Crippen LogP contribution in [0.1, 0.15) is 19.3 Å². The fourth-order valence-corrected chi connectivity index (χ4v) is 1.25. The number of terminal acetylenes is 1. The van der Waals surface area contributed by atoms with E-state index in [9.17, 15) is 0 Å². The Balaban J connectivity index is 2.17. The van der Waals surface area contributed by atoms with Gasteiger partial charge in [-0.1, -0.05) is 0 Å². The van der Waals surface area contributed by atoms with Crippen LogP contribution in [-0.4, -0.2) is 19.6 Å². The van der Waals surface area contributed by atoms with Crippen molar-refractivity contribution in [3.63, 3.8) is 0 Å². The van der Waals surface area contributed by atoms with Gasteiger partial charge in [0.1, 0.15) is 13.1 Å². The van der Waals surface area contributed by atoms with Gasteiger partial charge in [0.25, 0.3) is 0 Å². The van der Waals surface area contributed by atoms with Crippen molar-refractivity contribution in [2.75, 3.05) is 19.6 Å². The first-order valence-corrected chi connectivity index (χ1v) is 3.59. The van der Waals surface area contributed by atoms with Crippen molar-refractivity contribution in [3.05, 3.63) is 0 Å². The van der Waals surface area contributed by atoms with Crippen LogP contribution in [0.2, 0.25) is 0 Å². The summed E-state index contributed by atoms with van der Waals surface area (Å²) < 4.78 is 0. The average Bonchev–Trinajstić information content (AvgIpc) is 1.91. The molecule has 0 aromatic rings. The van der Waals surface area contributed by atoms with Crippen molar-refractivity contribution in [1.82, 2.24) is 4.90 Å². The van der Waals surface area contributed by atoms with Crippen LogP contribution in [-0.2, 0) is 0 Å². The molecular weight excluding hydrogens is 110 g/mol. The van der Waals surface area contributed by atoms with Crippen LogP contribution in [0.3, 0.4) is 0 Å². The van der Waals surface area contributed by atoms with Gasteiger partial charge in [0, 0.05) is 12.8 Å². The minimum Gasteiger partial charge on any atom is -0.159 e. The lowest BCUT2D eigenvalue weighted by atomic mass is 10.1. The molecule has 0 aromatic heterocycles. The summed E-state index contributed by atoms with van der Waals surface area (Å²) in [6, 6.07) is 0. The SMILES string of the molecule is C#CC[N+]1CCCCC1. The second kappa shape index (κ2) is 3.53. The molecule has 0 amide bonds. The van der Waals surface area contributed by atoms with Crippen molar-refractivity contribution in [2.45, 2.75) is 19.3 Å². The van der Waals surface area contributed by atoms with Crippen LogP contribution in [0.15, 0.2) is 0 Å². The maximum absolute atomic E-state index is 5.17. The molecule has 0 atom stereocenters. The minimum atomic E-state index is 0.847. The van der Waals surface area contributed by atoms with Gasteiger partial charge >= 0.3 is 0 Å². The van der Waals surface area contributed by atoms with Gasteiger partial charge in [-0.2, -0.15) is 4.90 Å². The second-order valence-corrected chi connectivity index (χ2v) is 2.54. The maximum atomic E-state index is 5.17. The Bertz CT molecular complexity index is 106. The Morgan fingerprint density at radius 1 is 1.22 bits per heavy atom. The van der Waals surface area contributed by atoms with Crippen molar-refractivity contribution < 1.29 is 0 Å². The molecule has 1 heterocycles. The molecule has 1 aliphatic rings. The fourth-order valence-electron chi connectivity index (χ4n) is 1.25. The van der Waals surface area contributed by atoms with E-state index in [1.165, 1.54) is 32.4 Å². The summed E-state index contributed by atoms with van der Waals surface area (Å²) in [6.45, 7) is 3.27. The van der Waals surface area contributed by atoms with Crippen LogP contribution < -0.4 is 4.90 Å². The third kappa shape index (κ3) is 2.07. The van der Waals surface area contributed by atoms with E-state index in [-0.39, 0.29) is 0 Å². The predicted molar refractivity (Wildman–Crippen MR) is 39.4 cm³/mol. The lowest BCUT2D eigenvalue weighted by molar-refractivity contribution is 0.369. The average molecular weight is 123 g/mol. The first-order valence-electron chi connectivity index (χ1n) is 3.59. The van der Waals surface area contributed by atoms with E-state index in [1.54, 1.807) is 0 Å². The summed E-state index contributed by atoms with van der Waals surface area (Å²) in [4.78, 5) is 2.34. The summed E-state index contributed by atoms with van der Waals surface area (Å²) in [5, 5.41) is 0. The molecule has 1 heteroatoms. The molecular formula is C8H13N+. The zero-order valence-corrected chi connectivity index (χ0v) is 5.77. The molecule has 1 rings (SSSR count). The molecule has 49 valence electrons. The molecule has 0 spiro atoms. The Morgan fingerprint density at radius 3 is 2.44 bits per heavy atom. The molecule has 1 radical (unpaired) electrons. The highest BCUT2D eigenvalue weighted by Crippen LogP contribution is 2.04. The van der Waals surface area contributed by atoms with Gasteiger partial charge in [-0.3, -0.25) is 0 Å². The summed E-state index contributed by atoms with van der Waals surface area (Å²) in [5.74, 6) is 2.66. The van der Waals surface area contributed by atoms with Crippen LogP contribution in [0, 0.1) is 12.3 Å². The second-order valence-electron chi connectivity index (χ2n) is 2.54.